The van der Waals surface area contributed by atoms with Gasteiger partial charge < -0.3 is 9.84 Å². The van der Waals surface area contributed by atoms with E-state index in [-0.39, 0.29) is 11.1 Å². The second-order valence-corrected chi connectivity index (χ2v) is 7.05. The van der Waals surface area contributed by atoms with E-state index in [1.54, 1.807) is 23.9 Å². The van der Waals surface area contributed by atoms with Gasteiger partial charge in [-0.25, -0.2) is 0 Å². The summed E-state index contributed by atoms with van der Waals surface area (Å²) in [6.07, 6.45) is 7.05. The molecule has 1 saturated heterocycles. The summed E-state index contributed by atoms with van der Waals surface area (Å²) in [6, 6.07) is 6.99. The van der Waals surface area contributed by atoms with Crippen LogP contribution in [-0.4, -0.2) is 34.4 Å². The molecule has 1 aromatic carbocycles. The molecule has 0 bridgehead atoms. The summed E-state index contributed by atoms with van der Waals surface area (Å²) in [5.74, 6) is 0.402. The van der Waals surface area contributed by atoms with Crippen LogP contribution in [-0.2, 0) is 4.79 Å². The first-order chi connectivity index (χ1) is 12.5. The van der Waals surface area contributed by atoms with E-state index in [2.05, 4.69) is 5.32 Å². The van der Waals surface area contributed by atoms with E-state index >= 15 is 0 Å². The fraction of sp³-hybridized carbons (Fsp3) is 0.278. The molecule has 0 radical (unpaired) electrons. The zero-order valence-corrected chi connectivity index (χ0v) is 14.6. The summed E-state index contributed by atoms with van der Waals surface area (Å²) in [5, 5.41) is 22.9. The first-order valence-corrected chi connectivity index (χ1v) is 9.11. The summed E-state index contributed by atoms with van der Waals surface area (Å²) >= 11 is 1.57. The number of rotatable bonds is 6. The number of hydrogen-bond donors (Lipinski definition) is 2. The minimum absolute atomic E-state index is 0.0365. The Hall–Kier alpha value is -2.58. The molecule has 1 aromatic rings. The number of nitrogens with one attached hydrogen (secondary N) is 1. The molecule has 1 heterocycles. The number of carboxylic acid groups (broad SMARTS) is 1. The van der Waals surface area contributed by atoms with Crippen LogP contribution in [0.3, 0.4) is 0 Å². The molecular formula is C18H18N2O5S. The average Bonchev–Trinajstić information content (AvgIpc) is 3.00. The highest BCUT2D eigenvalue weighted by Crippen LogP contribution is 2.33. The molecule has 3 rings (SSSR count). The highest BCUT2D eigenvalue weighted by molar-refractivity contribution is 7.99. The fourth-order valence-electron chi connectivity index (χ4n) is 2.61. The van der Waals surface area contributed by atoms with E-state index in [4.69, 9.17) is 9.84 Å². The lowest BCUT2D eigenvalue weighted by molar-refractivity contribution is -0.419. The number of carboxylic acids is 1. The van der Waals surface area contributed by atoms with Crippen LogP contribution in [0.1, 0.15) is 17.4 Å². The second-order valence-electron chi connectivity index (χ2n) is 5.91. The normalized spacial score (nSPS) is 22.3. The van der Waals surface area contributed by atoms with Gasteiger partial charge in [0.25, 0.3) is 5.70 Å². The lowest BCUT2D eigenvalue weighted by Gasteiger charge is -2.13. The smallest absolute Gasteiger partial charge is 0.321 e. The minimum Gasteiger partial charge on any atom is -0.489 e. The van der Waals surface area contributed by atoms with Crippen molar-refractivity contribution < 1.29 is 19.6 Å². The summed E-state index contributed by atoms with van der Waals surface area (Å²) in [6.45, 7) is 0.350. The van der Waals surface area contributed by atoms with Gasteiger partial charge in [0.2, 0.25) is 0 Å². The quantitative estimate of drug-likeness (QED) is 0.583. The van der Waals surface area contributed by atoms with Crippen molar-refractivity contribution in [1.82, 2.24) is 5.32 Å². The van der Waals surface area contributed by atoms with E-state index in [0.717, 1.165) is 11.1 Å². The number of nitrogens with zero attached hydrogens (tertiary/aromatic N) is 1. The molecule has 2 atom stereocenters. The molecule has 26 heavy (non-hydrogen) atoms. The van der Waals surface area contributed by atoms with Gasteiger partial charge in [-0.3, -0.25) is 20.2 Å². The third-order valence-corrected chi connectivity index (χ3v) is 5.32. The Balaban J connectivity index is 1.56. The third-order valence-electron chi connectivity index (χ3n) is 4.06. The molecule has 7 nitrogen and oxygen atoms in total. The number of thioether (sulfide) groups is 1. The van der Waals surface area contributed by atoms with Crippen LogP contribution in [0.4, 0.5) is 0 Å². The van der Waals surface area contributed by atoms with Gasteiger partial charge in [0.05, 0.1) is 10.3 Å². The van der Waals surface area contributed by atoms with Crippen molar-refractivity contribution in [3.05, 3.63) is 75.5 Å². The lowest BCUT2D eigenvalue weighted by Crippen LogP contribution is -2.33. The van der Waals surface area contributed by atoms with E-state index in [0.29, 0.717) is 24.5 Å². The molecule has 0 spiro atoms. The summed E-state index contributed by atoms with van der Waals surface area (Å²) < 4.78 is 5.75. The topological polar surface area (TPSA) is 102 Å². The van der Waals surface area contributed by atoms with Crippen LogP contribution in [0, 0.1) is 10.1 Å². The summed E-state index contributed by atoms with van der Waals surface area (Å²) in [5.41, 5.74) is 2.01. The maximum absolute atomic E-state index is 11.0. The Kier molecular flexibility index (Phi) is 5.75. The van der Waals surface area contributed by atoms with Crippen molar-refractivity contribution in [2.24, 2.45) is 0 Å². The summed E-state index contributed by atoms with van der Waals surface area (Å²) in [7, 11) is 0. The number of carbonyl (C=O) groups is 1. The van der Waals surface area contributed by atoms with Gasteiger partial charge in [0.15, 0.2) is 0 Å². The second kappa shape index (κ2) is 8.20. The van der Waals surface area contributed by atoms with Crippen LogP contribution >= 0.6 is 11.8 Å². The Labute approximate surface area is 154 Å². The monoisotopic (exact) mass is 374 g/mol. The molecule has 8 heteroatoms. The molecule has 2 aliphatic rings. The van der Waals surface area contributed by atoms with Gasteiger partial charge in [0, 0.05) is 17.9 Å². The zero-order valence-electron chi connectivity index (χ0n) is 13.8. The molecular weight excluding hydrogens is 356 g/mol. The van der Waals surface area contributed by atoms with Crippen molar-refractivity contribution in [3.63, 3.8) is 0 Å². The fourth-order valence-corrected chi connectivity index (χ4v) is 3.84. The highest BCUT2D eigenvalue weighted by atomic mass is 32.2. The highest BCUT2D eigenvalue weighted by Gasteiger charge is 2.30. The molecule has 0 saturated carbocycles. The van der Waals surface area contributed by atoms with Crippen molar-refractivity contribution in [2.45, 2.75) is 17.8 Å². The molecule has 0 amide bonds. The van der Waals surface area contributed by atoms with Gasteiger partial charge in [-0.2, -0.15) is 0 Å². The predicted octanol–water partition coefficient (Wildman–Crippen LogP) is 2.90. The van der Waals surface area contributed by atoms with Gasteiger partial charge >= 0.3 is 5.97 Å². The predicted molar refractivity (Wildman–Crippen MR) is 98.6 cm³/mol. The average molecular weight is 374 g/mol. The van der Waals surface area contributed by atoms with E-state index in [1.165, 1.54) is 12.2 Å². The number of ether oxygens (including phenoxy) is 1. The van der Waals surface area contributed by atoms with E-state index in [9.17, 15) is 14.9 Å². The number of aliphatic carboxylic acids is 1. The Bertz CT molecular complexity index is 785. The van der Waals surface area contributed by atoms with Crippen molar-refractivity contribution >= 4 is 17.7 Å². The Morgan fingerprint density at radius 3 is 2.77 bits per heavy atom. The Morgan fingerprint density at radius 1 is 1.35 bits per heavy atom. The third kappa shape index (κ3) is 4.53. The van der Waals surface area contributed by atoms with Gasteiger partial charge in [-0.1, -0.05) is 24.3 Å². The van der Waals surface area contributed by atoms with Crippen LogP contribution in [0.25, 0.3) is 0 Å². The molecule has 1 aliphatic heterocycles. The largest absolute Gasteiger partial charge is 0.489 e. The van der Waals surface area contributed by atoms with Crippen molar-refractivity contribution in [2.75, 3.05) is 12.4 Å². The number of allylic oxidation sites excluding steroid dienone is 4. The molecule has 136 valence electrons. The van der Waals surface area contributed by atoms with Crippen molar-refractivity contribution in [1.29, 1.82) is 0 Å². The zero-order chi connectivity index (χ0) is 18.5. The maximum atomic E-state index is 11.0. The first-order valence-electron chi connectivity index (χ1n) is 8.07. The molecule has 0 aromatic heterocycles. The van der Waals surface area contributed by atoms with Gasteiger partial charge in [-0.05, 0) is 29.7 Å². The molecule has 1 fully saturated rings. The van der Waals surface area contributed by atoms with Crippen LogP contribution in [0.2, 0.25) is 0 Å². The molecule has 1 aliphatic carbocycles. The SMILES string of the molecule is O=C(O)C1CSC(c2ccc(OCC3=CC=C([N+](=O)[O-])C=CC3)cc2)N1. The van der Waals surface area contributed by atoms with Crippen LogP contribution in [0.15, 0.2) is 59.8 Å². The first kappa shape index (κ1) is 18.2. The molecule has 2 unspecified atom stereocenters. The van der Waals surface area contributed by atoms with Crippen LogP contribution < -0.4 is 10.1 Å². The van der Waals surface area contributed by atoms with Gasteiger partial charge in [0.1, 0.15) is 18.4 Å². The standard InChI is InChI=1S/C18H18N2O5S/c21-18(22)16-11-26-17(19-16)13-5-8-15(9-6-13)25-10-12-2-1-3-14(7-4-12)20(23)24/h1,3-9,16-17,19H,2,10-11H2,(H,21,22). The number of nitro groups is 1. The lowest BCUT2D eigenvalue weighted by atomic mass is 10.2. The summed E-state index contributed by atoms with van der Waals surface area (Å²) in [4.78, 5) is 21.4. The van der Waals surface area contributed by atoms with E-state index < -0.39 is 16.9 Å². The molecule has 2 N–H and O–H groups in total. The number of benzene rings is 1. The minimum atomic E-state index is -0.833. The van der Waals surface area contributed by atoms with Gasteiger partial charge in [-0.15, -0.1) is 11.8 Å². The maximum Gasteiger partial charge on any atom is 0.321 e. The van der Waals surface area contributed by atoms with Crippen LogP contribution in [0.5, 0.6) is 5.75 Å². The Morgan fingerprint density at radius 2 is 2.12 bits per heavy atom. The van der Waals surface area contributed by atoms with E-state index in [1.807, 2.05) is 24.3 Å². The van der Waals surface area contributed by atoms with Crippen molar-refractivity contribution in [3.8, 4) is 5.75 Å². The number of hydrogen-bond acceptors (Lipinski definition) is 6.